The van der Waals surface area contributed by atoms with Crippen LogP contribution in [-0.4, -0.2) is 20.8 Å². The molecule has 1 saturated heterocycles. The van der Waals surface area contributed by atoms with Gasteiger partial charge in [0.2, 0.25) is 0 Å². The molecule has 0 aliphatic carbocycles. The first kappa shape index (κ1) is 18.4. The van der Waals surface area contributed by atoms with Crippen molar-refractivity contribution in [2.75, 3.05) is 20.8 Å². The molecule has 4 nitrogen and oxygen atoms in total. The summed E-state index contributed by atoms with van der Waals surface area (Å²) in [5, 5.41) is 3.52. The van der Waals surface area contributed by atoms with Crippen LogP contribution in [0.15, 0.2) is 42.5 Å². The van der Waals surface area contributed by atoms with E-state index in [9.17, 15) is 0 Å². The monoisotopic (exact) mass is 349 g/mol. The zero-order chi connectivity index (χ0) is 16.1. The number of ether oxygens (including phenoxy) is 3. The number of benzene rings is 2. The van der Waals surface area contributed by atoms with Gasteiger partial charge in [0.15, 0.2) is 11.5 Å². The Morgan fingerprint density at radius 3 is 2.33 bits per heavy atom. The number of methoxy groups -OCH3 is 2. The van der Waals surface area contributed by atoms with Crippen molar-refractivity contribution in [3.05, 3.63) is 53.6 Å². The highest BCUT2D eigenvalue weighted by Gasteiger charge is 2.23. The summed E-state index contributed by atoms with van der Waals surface area (Å²) in [6.45, 7) is 1.58. The maximum absolute atomic E-state index is 6.10. The van der Waals surface area contributed by atoms with Gasteiger partial charge in [0, 0.05) is 17.7 Å². The Kier molecular flexibility index (Phi) is 6.76. The Hall–Kier alpha value is -1.91. The van der Waals surface area contributed by atoms with E-state index >= 15 is 0 Å². The van der Waals surface area contributed by atoms with Crippen LogP contribution in [0.4, 0.5) is 0 Å². The lowest BCUT2D eigenvalue weighted by atomic mass is 10.0. The number of rotatable bonds is 6. The minimum Gasteiger partial charge on any atom is -0.493 e. The van der Waals surface area contributed by atoms with Crippen molar-refractivity contribution in [1.29, 1.82) is 0 Å². The van der Waals surface area contributed by atoms with Crippen molar-refractivity contribution >= 4 is 12.4 Å². The summed E-state index contributed by atoms with van der Waals surface area (Å²) in [7, 11) is 3.31. The third-order valence-corrected chi connectivity index (χ3v) is 4.19. The van der Waals surface area contributed by atoms with Gasteiger partial charge in [0.25, 0.3) is 0 Å². The molecule has 1 fully saturated rings. The molecule has 1 atom stereocenters. The lowest BCUT2D eigenvalue weighted by molar-refractivity contribution is 0.294. The molecule has 2 aromatic rings. The smallest absolute Gasteiger partial charge is 0.164 e. The summed E-state index contributed by atoms with van der Waals surface area (Å²) in [4.78, 5) is 0. The van der Waals surface area contributed by atoms with Crippen LogP contribution >= 0.6 is 12.4 Å². The molecule has 0 radical (unpaired) electrons. The molecule has 1 aliphatic heterocycles. The fraction of sp³-hybridized carbons (Fsp3) is 0.368. The van der Waals surface area contributed by atoms with E-state index in [1.54, 1.807) is 14.2 Å². The Labute approximate surface area is 149 Å². The molecule has 1 aliphatic rings. The number of halogens is 1. The molecule has 1 heterocycles. The average molecular weight is 350 g/mol. The highest BCUT2D eigenvalue weighted by molar-refractivity contribution is 5.85. The normalized spacial score (nSPS) is 16.3. The molecule has 0 amide bonds. The second-order valence-corrected chi connectivity index (χ2v) is 5.67. The predicted molar refractivity (Wildman–Crippen MR) is 97.5 cm³/mol. The maximum atomic E-state index is 6.10. The molecule has 0 bridgehead atoms. The van der Waals surface area contributed by atoms with Gasteiger partial charge in [-0.2, -0.15) is 0 Å². The Morgan fingerprint density at radius 2 is 1.71 bits per heavy atom. The van der Waals surface area contributed by atoms with Crippen molar-refractivity contribution in [1.82, 2.24) is 5.32 Å². The van der Waals surface area contributed by atoms with Crippen molar-refractivity contribution in [2.24, 2.45) is 0 Å². The second kappa shape index (κ2) is 8.81. The lowest BCUT2D eigenvalue weighted by Crippen LogP contribution is -2.14. The number of hydrogen-bond acceptors (Lipinski definition) is 4. The first-order valence-electron chi connectivity index (χ1n) is 7.98. The van der Waals surface area contributed by atoms with Gasteiger partial charge in [-0.15, -0.1) is 12.4 Å². The zero-order valence-electron chi connectivity index (χ0n) is 14.1. The van der Waals surface area contributed by atoms with Gasteiger partial charge < -0.3 is 19.5 Å². The van der Waals surface area contributed by atoms with E-state index in [1.165, 1.54) is 6.42 Å². The molecule has 3 rings (SSSR count). The molecule has 0 spiro atoms. The molecule has 5 heteroatoms. The van der Waals surface area contributed by atoms with Crippen molar-refractivity contribution in [3.63, 3.8) is 0 Å². The minimum atomic E-state index is 0. The summed E-state index contributed by atoms with van der Waals surface area (Å²) in [6.07, 6.45) is 2.29. The van der Waals surface area contributed by atoms with Crippen LogP contribution in [0.1, 0.15) is 30.0 Å². The van der Waals surface area contributed by atoms with E-state index in [-0.39, 0.29) is 12.4 Å². The van der Waals surface area contributed by atoms with E-state index in [0.717, 1.165) is 35.6 Å². The maximum Gasteiger partial charge on any atom is 0.164 e. The van der Waals surface area contributed by atoms with Gasteiger partial charge in [-0.05, 0) is 31.0 Å². The molecule has 1 N–H and O–H groups in total. The van der Waals surface area contributed by atoms with Gasteiger partial charge in [-0.1, -0.05) is 30.3 Å². The average Bonchev–Trinajstić information content (AvgIpc) is 3.14. The molecule has 24 heavy (non-hydrogen) atoms. The first-order valence-corrected chi connectivity index (χ1v) is 7.98. The lowest BCUT2D eigenvalue weighted by Gasteiger charge is -2.19. The van der Waals surface area contributed by atoms with Crippen LogP contribution < -0.4 is 19.5 Å². The van der Waals surface area contributed by atoms with Crippen LogP contribution in [0.3, 0.4) is 0 Å². The van der Waals surface area contributed by atoms with Crippen LogP contribution in [0.2, 0.25) is 0 Å². The Balaban J connectivity index is 0.00000208. The number of nitrogens with one attached hydrogen (secondary N) is 1. The summed E-state index contributed by atoms with van der Waals surface area (Å²) < 4.78 is 17.0. The fourth-order valence-corrected chi connectivity index (χ4v) is 2.96. The van der Waals surface area contributed by atoms with E-state index in [0.29, 0.717) is 18.4 Å². The third-order valence-electron chi connectivity index (χ3n) is 4.19. The molecule has 0 aromatic heterocycles. The van der Waals surface area contributed by atoms with Crippen LogP contribution in [0.5, 0.6) is 17.2 Å². The summed E-state index contributed by atoms with van der Waals surface area (Å²) >= 11 is 0. The minimum absolute atomic E-state index is 0. The largest absolute Gasteiger partial charge is 0.493 e. The topological polar surface area (TPSA) is 39.7 Å². The van der Waals surface area contributed by atoms with E-state index in [2.05, 4.69) is 17.4 Å². The Bertz CT molecular complexity index is 643. The van der Waals surface area contributed by atoms with Gasteiger partial charge >= 0.3 is 0 Å². The van der Waals surface area contributed by atoms with Crippen LogP contribution in [-0.2, 0) is 6.61 Å². The highest BCUT2D eigenvalue weighted by atomic mass is 35.5. The fourth-order valence-electron chi connectivity index (χ4n) is 2.96. The van der Waals surface area contributed by atoms with Crippen LogP contribution in [0, 0.1) is 0 Å². The van der Waals surface area contributed by atoms with Crippen molar-refractivity contribution in [3.8, 4) is 17.2 Å². The second-order valence-electron chi connectivity index (χ2n) is 5.67. The molecule has 0 unspecified atom stereocenters. The van der Waals surface area contributed by atoms with Gasteiger partial charge in [0.1, 0.15) is 12.4 Å². The highest BCUT2D eigenvalue weighted by Crippen LogP contribution is 2.40. The van der Waals surface area contributed by atoms with E-state index in [4.69, 9.17) is 14.2 Å². The van der Waals surface area contributed by atoms with Gasteiger partial charge in [-0.25, -0.2) is 0 Å². The molecule has 130 valence electrons. The predicted octanol–water partition coefficient (Wildman–Crippen LogP) is 4.13. The standard InChI is InChI=1S/C19H23NO3.ClH/c1-21-18-11-15(16-9-6-10-20-16)17(12-19(18)22-2)23-13-14-7-4-3-5-8-14;/h3-5,7-8,11-12,16,20H,6,9-10,13H2,1-2H3;1H/t16-;/m0./s1. The molecule has 2 aromatic carbocycles. The SMILES string of the molecule is COc1cc(OCc2ccccc2)c([C@@H]2CCCN2)cc1OC.Cl. The Morgan fingerprint density at radius 1 is 1.00 bits per heavy atom. The summed E-state index contributed by atoms with van der Waals surface area (Å²) in [5.74, 6) is 2.28. The summed E-state index contributed by atoms with van der Waals surface area (Å²) in [6, 6.07) is 14.4. The number of hydrogen-bond donors (Lipinski definition) is 1. The third kappa shape index (κ3) is 4.13. The zero-order valence-corrected chi connectivity index (χ0v) is 14.9. The quantitative estimate of drug-likeness (QED) is 0.851. The van der Waals surface area contributed by atoms with Crippen molar-refractivity contribution < 1.29 is 14.2 Å². The van der Waals surface area contributed by atoms with Gasteiger partial charge in [0.05, 0.1) is 14.2 Å². The van der Waals surface area contributed by atoms with E-state index < -0.39 is 0 Å². The van der Waals surface area contributed by atoms with Gasteiger partial charge in [-0.3, -0.25) is 0 Å². The first-order chi connectivity index (χ1) is 11.3. The van der Waals surface area contributed by atoms with Crippen LogP contribution in [0.25, 0.3) is 0 Å². The van der Waals surface area contributed by atoms with E-state index in [1.807, 2.05) is 30.3 Å². The summed E-state index contributed by atoms with van der Waals surface area (Å²) in [5.41, 5.74) is 2.28. The molecular weight excluding hydrogens is 326 g/mol. The van der Waals surface area contributed by atoms with Crippen molar-refractivity contribution in [2.45, 2.75) is 25.5 Å². The molecular formula is C19H24ClNO3. The molecule has 0 saturated carbocycles.